The maximum Gasteiger partial charge on any atom is 0.337 e. The highest BCUT2D eigenvalue weighted by Crippen LogP contribution is 2.26. The van der Waals surface area contributed by atoms with Crippen LogP contribution in [0.5, 0.6) is 0 Å². The van der Waals surface area contributed by atoms with E-state index >= 15 is 0 Å². The van der Waals surface area contributed by atoms with Crippen LogP contribution in [0.4, 0.5) is 17.5 Å². The zero-order valence-electron chi connectivity index (χ0n) is 57.0. The summed E-state index contributed by atoms with van der Waals surface area (Å²) in [5.41, 5.74) is 43.4. The highest BCUT2D eigenvalue weighted by Gasteiger charge is 2.17. The molecule has 2 amide bonds. The average Bonchev–Trinajstić information content (AvgIpc) is 0.819. The van der Waals surface area contributed by atoms with Crippen molar-refractivity contribution < 1.29 is 19.1 Å². The lowest BCUT2D eigenvalue weighted by atomic mass is 10.0. The molecule has 0 atom stereocenters. The van der Waals surface area contributed by atoms with Gasteiger partial charge < -0.3 is 38.3 Å². The number of nitrogens with one attached hydrogen (secondary N) is 2. The number of fused-ring (bicyclic) bond motifs is 3. The third-order valence-electron chi connectivity index (χ3n) is 16.3. The monoisotopic (exact) mass is 1330 g/mol. The van der Waals surface area contributed by atoms with Gasteiger partial charge in [0.25, 0.3) is 11.8 Å². The molecule has 3 aromatic carbocycles. The maximum absolute atomic E-state index is 12.8. The summed E-state index contributed by atoms with van der Waals surface area (Å²) in [5.74, 6) is 0.719. The molecule has 0 spiro atoms. The van der Waals surface area contributed by atoms with E-state index in [0.717, 1.165) is 111 Å². The number of hydrogen-bond donors (Lipinski definition) is 6. The lowest BCUT2D eigenvalue weighted by Crippen LogP contribution is -2.24. The van der Waals surface area contributed by atoms with Gasteiger partial charge in [0.15, 0.2) is 0 Å². The Morgan fingerprint density at radius 1 is 0.440 bits per heavy atom. The predicted octanol–water partition coefficient (Wildman–Crippen LogP) is 11.5. The maximum atomic E-state index is 12.8. The fourth-order valence-electron chi connectivity index (χ4n) is 11.4. The summed E-state index contributed by atoms with van der Waals surface area (Å²) in [5, 5.41) is 37.2. The van der Waals surface area contributed by atoms with Gasteiger partial charge in [0.2, 0.25) is 0 Å². The molecule has 0 saturated carbocycles. The molecule has 0 radical (unpaired) electrons. The van der Waals surface area contributed by atoms with Crippen LogP contribution in [-0.4, -0.2) is 69.7 Å². The first-order chi connectivity index (χ1) is 48.0. The number of pyridine rings is 9. The summed E-state index contributed by atoms with van der Waals surface area (Å²) in [6.07, 6.45) is 13.3. The number of nitrogens with two attached hydrogens (primary N) is 4. The van der Waals surface area contributed by atoms with E-state index in [0.29, 0.717) is 106 Å². The largest absolute Gasteiger partial charge is 0.465 e. The zero-order chi connectivity index (χ0) is 71.7. The van der Waals surface area contributed by atoms with Gasteiger partial charge in [-0.15, -0.1) is 0 Å². The Morgan fingerprint density at radius 3 is 1.14 bits per heavy atom. The normalized spacial score (nSPS) is 10.6. The number of methoxy groups -OCH3 is 1. The van der Waals surface area contributed by atoms with Crippen LogP contribution in [0.2, 0.25) is 0 Å². The number of hydrogen-bond acceptors (Lipinski definition) is 20. The molecule has 0 unspecified atom stereocenters. The van der Waals surface area contributed by atoms with Crippen molar-refractivity contribution in [1.82, 2.24) is 55.5 Å². The minimum absolute atomic E-state index is 0.190. The fraction of sp³-hybridized carbons (Fsp3) is 0.192. The molecule has 10 N–H and O–H groups in total. The molecule has 12 rings (SSSR count). The molecular formula is C78H74N18O4. The lowest BCUT2D eigenvalue weighted by Gasteiger charge is -2.12. The third kappa shape index (κ3) is 18.3. The highest BCUT2D eigenvalue weighted by atomic mass is 16.5. The minimum atomic E-state index is -0.394. The Hall–Kier alpha value is -13.0. The van der Waals surface area contributed by atoms with Crippen molar-refractivity contribution in [1.29, 1.82) is 15.8 Å². The molecule has 9 aromatic heterocycles. The van der Waals surface area contributed by atoms with Gasteiger partial charge in [0.05, 0.1) is 45.9 Å². The zero-order valence-corrected chi connectivity index (χ0v) is 57.0. The van der Waals surface area contributed by atoms with E-state index in [1.54, 1.807) is 91.9 Å². The average molecular weight is 1330 g/mol. The summed E-state index contributed by atoms with van der Waals surface area (Å²) >= 11 is 0. The van der Waals surface area contributed by atoms with Gasteiger partial charge in [-0.3, -0.25) is 39.5 Å². The van der Waals surface area contributed by atoms with Crippen molar-refractivity contribution in [3.05, 3.63) is 281 Å². The summed E-state index contributed by atoms with van der Waals surface area (Å²) in [6.45, 7) is 16.8. The second kappa shape index (κ2) is 32.6. The number of aromatic nitrogens is 9. The minimum Gasteiger partial charge on any atom is -0.465 e. The molecule has 0 aliphatic carbocycles. The van der Waals surface area contributed by atoms with E-state index in [4.69, 9.17) is 27.7 Å². The second-order valence-corrected chi connectivity index (χ2v) is 24.1. The summed E-state index contributed by atoms with van der Waals surface area (Å²) in [4.78, 5) is 76.0. The molecule has 500 valence electrons. The first kappa shape index (κ1) is 71.3. The first-order valence-corrected chi connectivity index (χ1v) is 31.8. The van der Waals surface area contributed by atoms with Crippen molar-refractivity contribution in [2.24, 2.45) is 5.73 Å². The smallest absolute Gasteiger partial charge is 0.337 e. The molecule has 0 fully saturated rings. The Balaban J connectivity index is 0.000000165. The number of ether oxygens (including phenoxy) is 1. The van der Waals surface area contributed by atoms with Crippen LogP contribution >= 0.6 is 0 Å². The predicted molar refractivity (Wildman–Crippen MR) is 386 cm³/mol. The Kier molecular flexibility index (Phi) is 23.3. The SMILES string of the molecule is COC(=O)c1ccnc(Cc2cc(C#N)c3ncc(C)cc3c2)c1.Cc1cc(N)ncc1CN.Cc1cnc2c(C#N)cc(Cc3cc(C(=O)NCc4c(C)cc(N)nc4C)ccn3)cc2c1.Cc1cnc2c(C#N)cc(Cc3cc(C(=O)NCc4c(C)cc(N)nc4C)ccn3)cc2c1. The third-order valence-corrected chi connectivity index (χ3v) is 16.3. The summed E-state index contributed by atoms with van der Waals surface area (Å²) in [7, 11) is 1.35. The molecule has 0 bridgehead atoms. The van der Waals surface area contributed by atoms with Crippen LogP contribution in [0.25, 0.3) is 32.7 Å². The number of nitrogen functional groups attached to an aromatic ring is 3. The van der Waals surface area contributed by atoms with Gasteiger partial charge in [0, 0.05) is 138 Å². The van der Waals surface area contributed by atoms with Gasteiger partial charge in [-0.2, -0.15) is 15.8 Å². The summed E-state index contributed by atoms with van der Waals surface area (Å²) in [6, 6.07) is 39.9. The van der Waals surface area contributed by atoms with E-state index < -0.39 is 5.97 Å². The van der Waals surface area contributed by atoms with Gasteiger partial charge in [-0.25, -0.2) is 19.7 Å². The molecular weight excluding hydrogens is 1250 g/mol. The Bertz CT molecular complexity index is 4980. The number of rotatable bonds is 14. The van der Waals surface area contributed by atoms with Crippen molar-refractivity contribution in [2.75, 3.05) is 24.3 Å². The van der Waals surface area contributed by atoms with E-state index in [1.807, 2.05) is 116 Å². The molecule has 0 aliphatic rings. The van der Waals surface area contributed by atoms with E-state index in [-0.39, 0.29) is 11.8 Å². The molecule has 0 saturated heterocycles. The number of benzene rings is 3. The molecule has 0 aliphatic heterocycles. The van der Waals surface area contributed by atoms with E-state index in [1.165, 1.54) is 7.11 Å². The van der Waals surface area contributed by atoms with Crippen LogP contribution in [0.15, 0.2) is 153 Å². The second-order valence-electron chi connectivity index (χ2n) is 24.1. The van der Waals surface area contributed by atoms with Gasteiger partial charge in [0.1, 0.15) is 35.7 Å². The van der Waals surface area contributed by atoms with Crippen molar-refractivity contribution in [3.63, 3.8) is 0 Å². The van der Waals surface area contributed by atoms with Gasteiger partial charge in [-0.05, 0) is 231 Å². The number of amides is 2. The Labute approximate surface area is 579 Å². The van der Waals surface area contributed by atoms with Crippen LogP contribution in [-0.2, 0) is 43.6 Å². The van der Waals surface area contributed by atoms with E-state index in [2.05, 4.69) is 73.7 Å². The number of carbonyl (C=O) groups is 3. The van der Waals surface area contributed by atoms with Crippen molar-refractivity contribution in [3.8, 4) is 18.2 Å². The lowest BCUT2D eigenvalue weighted by molar-refractivity contribution is 0.0600. The molecule has 9 heterocycles. The van der Waals surface area contributed by atoms with Crippen LogP contribution in [0.1, 0.15) is 143 Å². The van der Waals surface area contributed by atoms with Gasteiger partial charge >= 0.3 is 5.97 Å². The van der Waals surface area contributed by atoms with Crippen LogP contribution in [0, 0.1) is 89.4 Å². The van der Waals surface area contributed by atoms with Crippen LogP contribution < -0.4 is 33.6 Å². The molecule has 100 heavy (non-hydrogen) atoms. The molecule has 22 nitrogen and oxygen atoms in total. The topological polar surface area (TPSA) is 376 Å². The number of aryl methyl sites for hydroxylation is 8. The number of nitrogens with zero attached hydrogens (tertiary/aromatic N) is 12. The Morgan fingerprint density at radius 2 is 0.800 bits per heavy atom. The van der Waals surface area contributed by atoms with Crippen molar-refractivity contribution >= 4 is 67.9 Å². The number of esters is 1. The van der Waals surface area contributed by atoms with E-state index in [9.17, 15) is 30.2 Å². The highest BCUT2D eigenvalue weighted by molar-refractivity contribution is 5.95. The summed E-state index contributed by atoms with van der Waals surface area (Å²) < 4.78 is 4.73. The van der Waals surface area contributed by atoms with Crippen molar-refractivity contribution in [2.45, 2.75) is 94.3 Å². The number of carbonyl (C=O) groups excluding carboxylic acids is 3. The molecule has 12 aromatic rings. The fourth-order valence-corrected chi connectivity index (χ4v) is 11.4. The first-order valence-electron chi connectivity index (χ1n) is 31.8. The standard InChI is InChI=1S/2C26H24N6O.C19H15N3O2.C7H11N3/c2*1-15-6-20-8-18(9-21(12-27)25(20)30-13-15)10-22-11-19(4-5-29-22)26(33)31-14-23-16(2)7-24(28)32-17(23)3;1-12-5-15-6-13(7-16(10-20)18(15)22-11-12)8-17-9-14(3-4-21-17)19(23)24-2;1-5-2-7(9)10-4-6(5)3-8/h2*4-9,11,13H,10,14H2,1-3H3,(H2,28,32)(H,31,33);3-7,9,11H,8H2,1-2H3;2,4H,3,8H2,1H3,(H2,9,10). The number of anilines is 3. The molecule has 22 heteroatoms. The quantitative estimate of drug-likeness (QED) is 0.0551. The van der Waals surface area contributed by atoms with Gasteiger partial charge in [-0.1, -0.05) is 0 Å². The van der Waals surface area contributed by atoms with Crippen LogP contribution in [0.3, 0.4) is 0 Å². The number of nitriles is 3.